The van der Waals surface area contributed by atoms with Gasteiger partial charge in [-0.15, -0.1) is 0 Å². The number of nitrogens with zero attached hydrogens (tertiary/aromatic N) is 5. The van der Waals surface area contributed by atoms with Crippen LogP contribution >= 0.6 is 11.6 Å². The predicted octanol–water partition coefficient (Wildman–Crippen LogP) is 1.92. The van der Waals surface area contributed by atoms with Crippen LogP contribution in [-0.2, 0) is 0 Å². The molecule has 0 radical (unpaired) electrons. The van der Waals surface area contributed by atoms with Crippen LogP contribution in [-0.4, -0.2) is 58.5 Å². The fourth-order valence-corrected chi connectivity index (χ4v) is 2.68. The summed E-state index contributed by atoms with van der Waals surface area (Å²) in [4.78, 5) is 29.1. The van der Waals surface area contributed by atoms with E-state index in [4.69, 9.17) is 11.6 Å². The van der Waals surface area contributed by atoms with E-state index >= 15 is 0 Å². The fraction of sp³-hybridized carbons (Fsp3) is 0.375. The number of anilines is 2. The summed E-state index contributed by atoms with van der Waals surface area (Å²) < 4.78 is 0. The van der Waals surface area contributed by atoms with E-state index in [1.54, 1.807) is 18.6 Å². The number of halogens is 1. The molecule has 8 heteroatoms. The molecule has 0 saturated carbocycles. The lowest BCUT2D eigenvalue weighted by atomic mass is 10.2. The first-order chi connectivity index (χ1) is 11.7. The molecule has 7 nitrogen and oxygen atoms in total. The Hall–Kier alpha value is -2.41. The number of nitrogens with one attached hydrogen (secondary N) is 1. The number of aromatic nitrogens is 3. The molecule has 1 saturated heterocycles. The first-order valence-electron chi connectivity index (χ1n) is 7.89. The van der Waals surface area contributed by atoms with Gasteiger partial charge < -0.3 is 15.1 Å². The highest BCUT2D eigenvalue weighted by atomic mass is 35.5. The number of pyridine rings is 1. The Morgan fingerprint density at radius 1 is 1.12 bits per heavy atom. The van der Waals surface area contributed by atoms with Crippen molar-refractivity contribution in [2.75, 3.05) is 42.9 Å². The Morgan fingerprint density at radius 2 is 1.83 bits per heavy atom. The van der Waals surface area contributed by atoms with Gasteiger partial charge in [0.15, 0.2) is 0 Å². The van der Waals surface area contributed by atoms with Crippen LogP contribution in [0.5, 0.6) is 0 Å². The lowest BCUT2D eigenvalue weighted by molar-refractivity contribution is 0.0745. The van der Waals surface area contributed by atoms with E-state index < -0.39 is 0 Å². The van der Waals surface area contributed by atoms with Crippen molar-refractivity contribution < 1.29 is 4.79 Å². The first kappa shape index (κ1) is 16.4. The number of rotatable bonds is 4. The molecule has 0 atom stereocenters. The lowest BCUT2D eigenvalue weighted by Crippen LogP contribution is -2.49. The number of hydrogen-bond donors (Lipinski definition) is 1. The van der Waals surface area contributed by atoms with E-state index in [1.165, 1.54) is 0 Å². The van der Waals surface area contributed by atoms with E-state index in [2.05, 4.69) is 25.2 Å². The maximum Gasteiger partial charge on any atom is 0.257 e. The summed E-state index contributed by atoms with van der Waals surface area (Å²) in [5.74, 6) is 1.37. The third-order valence-corrected chi connectivity index (χ3v) is 4.06. The number of carbonyl (C=O) groups excluding carboxylic acids is 1. The van der Waals surface area contributed by atoms with Crippen LogP contribution in [0, 0.1) is 0 Å². The molecule has 1 N–H and O–H groups in total. The minimum atomic E-state index is -0.0400. The van der Waals surface area contributed by atoms with Gasteiger partial charge in [0.1, 0.15) is 5.82 Å². The van der Waals surface area contributed by atoms with E-state index in [-0.39, 0.29) is 5.91 Å². The van der Waals surface area contributed by atoms with Crippen molar-refractivity contribution in [1.29, 1.82) is 0 Å². The van der Waals surface area contributed by atoms with E-state index in [0.29, 0.717) is 29.6 Å². The van der Waals surface area contributed by atoms with Crippen LogP contribution in [0.15, 0.2) is 30.7 Å². The molecule has 1 fully saturated rings. The van der Waals surface area contributed by atoms with Gasteiger partial charge in [-0.3, -0.25) is 4.79 Å². The van der Waals surface area contributed by atoms with Crippen LogP contribution in [0.2, 0.25) is 5.02 Å². The van der Waals surface area contributed by atoms with Crippen LogP contribution in [0.1, 0.15) is 17.3 Å². The third kappa shape index (κ3) is 3.73. The van der Waals surface area contributed by atoms with Gasteiger partial charge in [-0.25, -0.2) is 15.0 Å². The molecule has 1 amide bonds. The third-order valence-electron chi connectivity index (χ3n) is 3.84. The summed E-state index contributed by atoms with van der Waals surface area (Å²) >= 11 is 5.86. The van der Waals surface area contributed by atoms with Crippen molar-refractivity contribution in [3.8, 4) is 0 Å². The van der Waals surface area contributed by atoms with Crippen LogP contribution in [0.25, 0.3) is 0 Å². The van der Waals surface area contributed by atoms with Gasteiger partial charge in [-0.2, -0.15) is 0 Å². The number of hydrogen-bond acceptors (Lipinski definition) is 6. The Kier molecular flexibility index (Phi) is 5.10. The summed E-state index contributed by atoms with van der Waals surface area (Å²) in [7, 11) is 0. The molecule has 3 heterocycles. The average Bonchev–Trinajstić information content (AvgIpc) is 2.63. The molecular weight excluding hydrogens is 328 g/mol. The average molecular weight is 347 g/mol. The van der Waals surface area contributed by atoms with Gasteiger partial charge >= 0.3 is 0 Å². The molecule has 0 bridgehead atoms. The lowest BCUT2D eigenvalue weighted by Gasteiger charge is -2.35. The molecule has 2 aromatic heterocycles. The first-order valence-corrected chi connectivity index (χ1v) is 8.27. The summed E-state index contributed by atoms with van der Waals surface area (Å²) in [5.41, 5.74) is 0.509. The quantitative estimate of drug-likeness (QED) is 0.911. The molecule has 3 rings (SSSR count). The van der Waals surface area contributed by atoms with Gasteiger partial charge in [-0.05, 0) is 19.1 Å². The van der Waals surface area contributed by atoms with Gasteiger partial charge in [0.05, 0.1) is 10.6 Å². The summed E-state index contributed by atoms with van der Waals surface area (Å²) in [6, 6.07) is 3.72. The number of amides is 1. The maximum absolute atomic E-state index is 12.5. The molecule has 1 aliphatic heterocycles. The van der Waals surface area contributed by atoms with Crippen LogP contribution in [0.4, 0.5) is 11.8 Å². The van der Waals surface area contributed by atoms with E-state index in [1.807, 2.05) is 24.0 Å². The Balaban J connectivity index is 1.59. The highest BCUT2D eigenvalue weighted by Gasteiger charge is 2.23. The van der Waals surface area contributed by atoms with E-state index in [0.717, 1.165) is 25.5 Å². The van der Waals surface area contributed by atoms with Gasteiger partial charge in [0, 0.05) is 51.3 Å². The molecule has 24 heavy (non-hydrogen) atoms. The highest BCUT2D eigenvalue weighted by molar-refractivity contribution is 6.30. The van der Waals surface area contributed by atoms with Gasteiger partial charge in [-0.1, -0.05) is 11.6 Å². The molecule has 1 aliphatic rings. The second-order valence-corrected chi connectivity index (χ2v) is 5.88. The minimum Gasteiger partial charge on any atom is -0.355 e. The minimum absolute atomic E-state index is 0.0400. The molecule has 0 aromatic carbocycles. The molecular formula is C16H19ClN6O. The van der Waals surface area contributed by atoms with Gasteiger partial charge in [0.2, 0.25) is 5.95 Å². The Labute approximate surface area is 145 Å². The van der Waals surface area contributed by atoms with Crippen LogP contribution < -0.4 is 10.2 Å². The zero-order valence-corrected chi connectivity index (χ0v) is 14.2. The standard InChI is InChI=1S/C16H19ClN6O/c1-2-18-16-20-9-12(10-21-16)15(24)23-7-5-22(6-8-23)14-4-3-13(17)11-19-14/h3-4,9-11H,2,5-8H2,1H3,(H,18,20,21). The fourth-order valence-electron chi connectivity index (χ4n) is 2.56. The van der Waals surface area contributed by atoms with Crippen molar-refractivity contribution in [1.82, 2.24) is 19.9 Å². The van der Waals surface area contributed by atoms with Crippen molar-refractivity contribution in [2.24, 2.45) is 0 Å². The predicted molar refractivity (Wildman–Crippen MR) is 93.6 cm³/mol. The SMILES string of the molecule is CCNc1ncc(C(=O)N2CCN(c3ccc(Cl)cn3)CC2)cn1. The highest BCUT2D eigenvalue weighted by Crippen LogP contribution is 2.17. The van der Waals surface area contributed by atoms with Crippen molar-refractivity contribution >= 4 is 29.3 Å². The van der Waals surface area contributed by atoms with Crippen molar-refractivity contribution in [2.45, 2.75) is 6.92 Å². The molecule has 0 unspecified atom stereocenters. The number of piperazine rings is 1. The number of carbonyl (C=O) groups is 1. The molecule has 0 spiro atoms. The Morgan fingerprint density at radius 3 is 2.42 bits per heavy atom. The summed E-state index contributed by atoms with van der Waals surface area (Å²) in [6.45, 7) is 5.45. The summed E-state index contributed by atoms with van der Waals surface area (Å²) in [6.07, 6.45) is 4.78. The van der Waals surface area contributed by atoms with Crippen molar-refractivity contribution in [3.63, 3.8) is 0 Å². The normalized spacial score (nSPS) is 14.6. The summed E-state index contributed by atoms with van der Waals surface area (Å²) in [5, 5.41) is 3.63. The van der Waals surface area contributed by atoms with E-state index in [9.17, 15) is 4.79 Å². The largest absolute Gasteiger partial charge is 0.355 e. The monoisotopic (exact) mass is 346 g/mol. The van der Waals surface area contributed by atoms with Crippen molar-refractivity contribution in [3.05, 3.63) is 41.3 Å². The zero-order valence-electron chi connectivity index (χ0n) is 13.4. The second-order valence-electron chi connectivity index (χ2n) is 5.44. The van der Waals surface area contributed by atoms with Crippen LogP contribution in [0.3, 0.4) is 0 Å². The molecule has 0 aliphatic carbocycles. The topological polar surface area (TPSA) is 74.2 Å². The zero-order chi connectivity index (χ0) is 16.9. The smallest absolute Gasteiger partial charge is 0.257 e. The maximum atomic E-state index is 12.5. The second kappa shape index (κ2) is 7.44. The molecule has 2 aromatic rings. The molecule has 126 valence electrons. The Bertz CT molecular complexity index is 683. The van der Waals surface area contributed by atoms with Gasteiger partial charge in [0.25, 0.3) is 5.91 Å².